The molecule has 10 heteroatoms. The Balaban J connectivity index is 1.82. The van der Waals surface area contributed by atoms with Gasteiger partial charge in [0.1, 0.15) is 4.90 Å². The minimum atomic E-state index is -3.58. The molecular formula is C17H27N5O4S. The third-order valence-electron chi connectivity index (χ3n) is 4.20. The molecule has 1 aromatic rings. The molecule has 150 valence electrons. The van der Waals surface area contributed by atoms with Crippen LogP contribution in [-0.4, -0.2) is 70.1 Å². The second-order valence-electron chi connectivity index (χ2n) is 6.10. The highest BCUT2D eigenvalue weighted by molar-refractivity contribution is 7.89. The van der Waals surface area contributed by atoms with Gasteiger partial charge in [0, 0.05) is 45.6 Å². The van der Waals surface area contributed by atoms with Crippen LogP contribution in [-0.2, 0) is 19.6 Å². The lowest BCUT2D eigenvalue weighted by Gasteiger charge is -2.33. The summed E-state index contributed by atoms with van der Waals surface area (Å²) in [5.74, 6) is 0.299. The topological polar surface area (TPSA) is 113 Å². The predicted molar refractivity (Wildman–Crippen MR) is 102 cm³/mol. The third kappa shape index (κ3) is 6.17. The summed E-state index contributed by atoms with van der Waals surface area (Å²) in [7, 11) is -1.92. The van der Waals surface area contributed by atoms with Gasteiger partial charge in [0.15, 0.2) is 5.96 Å². The molecule has 1 aliphatic rings. The van der Waals surface area contributed by atoms with Gasteiger partial charge in [-0.1, -0.05) is 0 Å². The number of guanidine groups is 1. The van der Waals surface area contributed by atoms with Crippen LogP contribution in [0, 0.1) is 5.92 Å². The van der Waals surface area contributed by atoms with Crippen LogP contribution in [0.25, 0.3) is 0 Å². The average Bonchev–Trinajstić information content (AvgIpc) is 2.69. The van der Waals surface area contributed by atoms with E-state index in [1.54, 1.807) is 20.0 Å². The molecule has 2 rings (SSSR count). The summed E-state index contributed by atoms with van der Waals surface area (Å²) in [5, 5.41) is 3.14. The lowest BCUT2D eigenvalue weighted by molar-refractivity contribution is -0.149. The molecular weight excluding hydrogens is 370 g/mol. The summed E-state index contributed by atoms with van der Waals surface area (Å²) >= 11 is 0. The van der Waals surface area contributed by atoms with Crippen molar-refractivity contribution in [1.29, 1.82) is 0 Å². The summed E-state index contributed by atoms with van der Waals surface area (Å²) in [6.07, 6.45) is 4.50. The molecule has 0 spiro atoms. The van der Waals surface area contributed by atoms with E-state index >= 15 is 0 Å². The molecule has 27 heavy (non-hydrogen) atoms. The van der Waals surface area contributed by atoms with Gasteiger partial charge in [0.05, 0.1) is 12.5 Å². The monoisotopic (exact) mass is 397 g/mol. The van der Waals surface area contributed by atoms with Crippen molar-refractivity contribution in [1.82, 2.24) is 19.9 Å². The second-order valence-corrected chi connectivity index (χ2v) is 7.86. The van der Waals surface area contributed by atoms with Crippen molar-refractivity contribution < 1.29 is 17.9 Å². The SMILES string of the molecule is CCOC(=O)C1CCCN(C(=NC)NCCNS(=O)(=O)c2cccnc2)C1. The van der Waals surface area contributed by atoms with Crippen molar-refractivity contribution >= 4 is 22.0 Å². The Morgan fingerprint density at radius 3 is 2.93 bits per heavy atom. The fourth-order valence-corrected chi connectivity index (χ4v) is 3.90. The number of sulfonamides is 1. The van der Waals surface area contributed by atoms with Crippen LogP contribution < -0.4 is 10.0 Å². The number of ether oxygens (including phenoxy) is 1. The highest BCUT2D eigenvalue weighted by Gasteiger charge is 2.28. The Morgan fingerprint density at radius 2 is 2.26 bits per heavy atom. The highest BCUT2D eigenvalue weighted by Crippen LogP contribution is 2.18. The van der Waals surface area contributed by atoms with Gasteiger partial charge in [-0.05, 0) is 31.9 Å². The average molecular weight is 398 g/mol. The number of carbonyl (C=O) groups is 1. The molecule has 2 heterocycles. The Bertz CT molecular complexity index is 739. The normalized spacial score (nSPS) is 18.2. The fourth-order valence-electron chi connectivity index (χ4n) is 2.90. The second kappa shape index (κ2) is 10.2. The molecule has 0 amide bonds. The van der Waals surface area contributed by atoms with Crippen LogP contribution in [0.4, 0.5) is 0 Å². The number of likely N-dealkylation sites (tertiary alicyclic amines) is 1. The van der Waals surface area contributed by atoms with E-state index in [0.29, 0.717) is 25.7 Å². The van der Waals surface area contributed by atoms with Crippen LogP contribution in [0.1, 0.15) is 19.8 Å². The van der Waals surface area contributed by atoms with E-state index in [-0.39, 0.29) is 23.3 Å². The van der Waals surface area contributed by atoms with Crippen molar-refractivity contribution in [3.8, 4) is 0 Å². The maximum absolute atomic E-state index is 12.2. The number of nitrogens with one attached hydrogen (secondary N) is 2. The van der Waals surface area contributed by atoms with Crippen molar-refractivity contribution in [3.63, 3.8) is 0 Å². The number of aliphatic imine (C=N–C) groups is 1. The van der Waals surface area contributed by atoms with Gasteiger partial charge in [-0.15, -0.1) is 0 Å². The van der Waals surface area contributed by atoms with E-state index in [2.05, 4.69) is 20.0 Å². The number of hydrogen-bond donors (Lipinski definition) is 2. The first-order chi connectivity index (χ1) is 13.0. The number of carbonyl (C=O) groups excluding carboxylic acids is 1. The maximum Gasteiger partial charge on any atom is 0.310 e. The molecule has 1 unspecified atom stereocenters. The lowest BCUT2D eigenvalue weighted by atomic mass is 9.98. The first-order valence-corrected chi connectivity index (χ1v) is 10.5. The molecule has 0 radical (unpaired) electrons. The van der Waals surface area contributed by atoms with Gasteiger partial charge < -0.3 is 15.0 Å². The highest BCUT2D eigenvalue weighted by atomic mass is 32.2. The number of piperidine rings is 1. The predicted octanol–water partition coefficient (Wildman–Crippen LogP) is 0.210. The zero-order valence-electron chi connectivity index (χ0n) is 15.7. The number of pyridine rings is 1. The summed E-state index contributed by atoms with van der Waals surface area (Å²) in [5.41, 5.74) is 0. The van der Waals surface area contributed by atoms with Gasteiger partial charge in [0.25, 0.3) is 0 Å². The molecule has 0 saturated carbocycles. The molecule has 0 aliphatic carbocycles. The van der Waals surface area contributed by atoms with Crippen LogP contribution in [0.15, 0.2) is 34.4 Å². The van der Waals surface area contributed by atoms with Gasteiger partial charge >= 0.3 is 5.97 Å². The molecule has 1 saturated heterocycles. The van der Waals surface area contributed by atoms with Crippen molar-refractivity contribution in [2.75, 3.05) is 39.8 Å². The van der Waals surface area contributed by atoms with E-state index in [9.17, 15) is 13.2 Å². The number of hydrogen-bond acceptors (Lipinski definition) is 6. The van der Waals surface area contributed by atoms with Crippen LogP contribution in [0.2, 0.25) is 0 Å². The number of aromatic nitrogens is 1. The van der Waals surface area contributed by atoms with Crippen LogP contribution >= 0.6 is 0 Å². The third-order valence-corrected chi connectivity index (χ3v) is 5.64. The van der Waals surface area contributed by atoms with Gasteiger partial charge in [-0.2, -0.15) is 0 Å². The van der Waals surface area contributed by atoms with Crippen molar-refractivity contribution in [2.24, 2.45) is 10.9 Å². The zero-order valence-corrected chi connectivity index (χ0v) is 16.5. The van der Waals surface area contributed by atoms with Gasteiger partial charge in [-0.25, -0.2) is 13.1 Å². The Kier molecular flexibility index (Phi) is 7.99. The summed E-state index contributed by atoms with van der Waals surface area (Å²) in [6, 6.07) is 3.07. The first kappa shape index (κ1) is 21.1. The number of rotatable bonds is 7. The largest absolute Gasteiger partial charge is 0.466 e. The quantitative estimate of drug-likeness (QED) is 0.293. The Labute approximate surface area is 160 Å². The van der Waals surface area contributed by atoms with Crippen LogP contribution in [0.3, 0.4) is 0 Å². The van der Waals surface area contributed by atoms with Crippen molar-refractivity contribution in [2.45, 2.75) is 24.7 Å². The fraction of sp³-hybridized carbons (Fsp3) is 0.588. The lowest BCUT2D eigenvalue weighted by Crippen LogP contribution is -2.49. The smallest absolute Gasteiger partial charge is 0.310 e. The molecule has 1 fully saturated rings. The summed E-state index contributed by atoms with van der Waals surface area (Å²) in [6.45, 7) is 4.07. The zero-order chi connectivity index (χ0) is 19.7. The minimum absolute atomic E-state index is 0.127. The first-order valence-electron chi connectivity index (χ1n) is 9.00. The summed E-state index contributed by atoms with van der Waals surface area (Å²) in [4.78, 5) is 22.2. The molecule has 1 atom stereocenters. The van der Waals surface area contributed by atoms with E-state index in [1.807, 2.05) is 4.90 Å². The number of esters is 1. The summed E-state index contributed by atoms with van der Waals surface area (Å²) < 4.78 is 32.0. The molecule has 1 aromatic heterocycles. The van der Waals surface area contributed by atoms with Crippen molar-refractivity contribution in [3.05, 3.63) is 24.5 Å². The van der Waals surface area contributed by atoms with Gasteiger partial charge in [0.2, 0.25) is 10.0 Å². The molecule has 0 bridgehead atoms. The Morgan fingerprint density at radius 1 is 1.44 bits per heavy atom. The standard InChI is InChI=1S/C17H27N5O4S/c1-3-26-16(23)14-6-5-11-22(13-14)17(18-2)20-9-10-21-27(24,25)15-7-4-8-19-12-15/h4,7-8,12,14,21H,3,5-6,9-11,13H2,1-2H3,(H,18,20). The van der Waals surface area contributed by atoms with Gasteiger partial charge in [-0.3, -0.25) is 14.8 Å². The van der Waals surface area contributed by atoms with E-state index in [4.69, 9.17) is 4.74 Å². The Hall–Kier alpha value is -2.20. The maximum atomic E-state index is 12.2. The minimum Gasteiger partial charge on any atom is -0.466 e. The van der Waals surface area contributed by atoms with Crippen LogP contribution in [0.5, 0.6) is 0 Å². The molecule has 2 N–H and O–H groups in total. The molecule has 9 nitrogen and oxygen atoms in total. The molecule has 1 aliphatic heterocycles. The van der Waals surface area contributed by atoms with E-state index in [1.165, 1.54) is 18.5 Å². The number of nitrogens with zero attached hydrogens (tertiary/aromatic N) is 3. The van der Waals surface area contributed by atoms with E-state index < -0.39 is 10.0 Å². The van der Waals surface area contributed by atoms with E-state index in [0.717, 1.165) is 19.4 Å². The molecule has 0 aromatic carbocycles.